The number of carboxylic acids is 1. The standard InChI is InChI=1S/C33H40N2O5/c1-24(2)20-34-13-14-39-15-16-40-31-12-11-29(19-30(31)18-27-5-4-6-28(17-27)21-34)33(38)35(23-32(36)37)22-26-9-7-25(3)8-10-26/h4-12,17,19,24H,13-16,18,20-23H2,1-3H3,(H,36,37). The zero-order chi connectivity index (χ0) is 28.5. The minimum absolute atomic E-state index is 0.214. The van der Waals surface area contributed by atoms with Gasteiger partial charge in [-0.2, -0.15) is 0 Å². The minimum Gasteiger partial charge on any atom is -0.491 e. The quantitative estimate of drug-likeness (QED) is 0.442. The van der Waals surface area contributed by atoms with Crippen molar-refractivity contribution in [2.75, 3.05) is 39.5 Å². The predicted octanol–water partition coefficient (Wildman–Crippen LogP) is 5.18. The molecule has 7 heteroatoms. The number of hydrogen-bond acceptors (Lipinski definition) is 5. The minimum atomic E-state index is -1.05. The van der Waals surface area contributed by atoms with Gasteiger partial charge in [-0.25, -0.2) is 0 Å². The van der Waals surface area contributed by atoms with Crippen molar-refractivity contribution in [3.05, 3.63) is 100 Å². The Labute approximate surface area is 237 Å². The van der Waals surface area contributed by atoms with Gasteiger partial charge in [0.1, 0.15) is 18.9 Å². The summed E-state index contributed by atoms with van der Waals surface area (Å²) in [5.74, 6) is -0.121. The fourth-order valence-electron chi connectivity index (χ4n) is 5.02. The van der Waals surface area contributed by atoms with Gasteiger partial charge in [-0.15, -0.1) is 0 Å². The van der Waals surface area contributed by atoms with Crippen molar-refractivity contribution in [2.24, 2.45) is 5.92 Å². The van der Waals surface area contributed by atoms with Gasteiger partial charge in [-0.05, 0) is 53.3 Å². The molecule has 3 aromatic carbocycles. The highest BCUT2D eigenvalue weighted by atomic mass is 16.5. The van der Waals surface area contributed by atoms with Crippen molar-refractivity contribution in [3.8, 4) is 5.75 Å². The van der Waals surface area contributed by atoms with E-state index in [1.54, 1.807) is 6.07 Å². The maximum Gasteiger partial charge on any atom is 0.323 e. The maximum absolute atomic E-state index is 13.6. The molecule has 0 fully saturated rings. The van der Waals surface area contributed by atoms with E-state index in [1.807, 2.05) is 43.3 Å². The van der Waals surface area contributed by atoms with E-state index in [2.05, 4.69) is 43.0 Å². The Kier molecular flexibility index (Phi) is 10.3. The Bertz CT molecular complexity index is 1290. The predicted molar refractivity (Wildman–Crippen MR) is 156 cm³/mol. The van der Waals surface area contributed by atoms with Gasteiger partial charge < -0.3 is 19.5 Å². The van der Waals surface area contributed by atoms with Crippen LogP contribution in [-0.2, 0) is 29.0 Å². The van der Waals surface area contributed by atoms with E-state index >= 15 is 0 Å². The highest BCUT2D eigenvalue weighted by Gasteiger charge is 2.21. The third kappa shape index (κ3) is 8.66. The van der Waals surface area contributed by atoms with E-state index in [0.717, 1.165) is 41.9 Å². The molecule has 40 heavy (non-hydrogen) atoms. The van der Waals surface area contributed by atoms with Crippen LogP contribution in [-0.4, -0.2) is 66.2 Å². The second-order valence-electron chi connectivity index (χ2n) is 10.9. The molecule has 1 aliphatic heterocycles. The summed E-state index contributed by atoms with van der Waals surface area (Å²) < 4.78 is 12.0. The van der Waals surface area contributed by atoms with E-state index in [4.69, 9.17) is 9.47 Å². The number of benzene rings is 3. The highest BCUT2D eigenvalue weighted by Crippen LogP contribution is 2.26. The third-order valence-corrected chi connectivity index (χ3v) is 6.87. The lowest BCUT2D eigenvalue weighted by Crippen LogP contribution is -2.35. The first-order valence-electron chi connectivity index (χ1n) is 14.0. The van der Waals surface area contributed by atoms with Gasteiger partial charge in [0.15, 0.2) is 0 Å². The number of carboxylic acid groups (broad SMARTS) is 1. The third-order valence-electron chi connectivity index (χ3n) is 6.87. The number of fused-ring (bicyclic) bond motifs is 3. The lowest BCUT2D eigenvalue weighted by molar-refractivity contribution is -0.137. The molecule has 0 radical (unpaired) electrons. The Morgan fingerprint density at radius 1 is 0.975 bits per heavy atom. The van der Waals surface area contributed by atoms with Crippen LogP contribution in [0.15, 0.2) is 66.7 Å². The van der Waals surface area contributed by atoms with Crippen LogP contribution in [0.4, 0.5) is 0 Å². The molecule has 0 aromatic heterocycles. The van der Waals surface area contributed by atoms with Crippen molar-refractivity contribution in [1.29, 1.82) is 0 Å². The van der Waals surface area contributed by atoms with Gasteiger partial charge in [-0.1, -0.05) is 67.9 Å². The summed E-state index contributed by atoms with van der Waals surface area (Å²) in [6.45, 7) is 10.5. The number of aryl methyl sites for hydroxylation is 1. The fraction of sp³-hybridized carbons (Fsp3) is 0.394. The monoisotopic (exact) mass is 544 g/mol. The van der Waals surface area contributed by atoms with Crippen LogP contribution < -0.4 is 4.74 Å². The molecule has 0 unspecified atom stereocenters. The van der Waals surface area contributed by atoms with Crippen LogP contribution in [0.25, 0.3) is 0 Å². The summed E-state index contributed by atoms with van der Waals surface area (Å²) in [6.07, 6.45) is 0.590. The summed E-state index contributed by atoms with van der Waals surface area (Å²) >= 11 is 0. The van der Waals surface area contributed by atoms with Gasteiger partial charge in [0.2, 0.25) is 0 Å². The molecule has 212 valence electrons. The number of carbonyl (C=O) groups is 2. The maximum atomic E-state index is 13.6. The number of ether oxygens (including phenoxy) is 2. The molecule has 1 heterocycles. The summed E-state index contributed by atoms with van der Waals surface area (Å²) in [5, 5.41) is 9.53. The molecule has 0 spiro atoms. The first-order chi connectivity index (χ1) is 19.3. The van der Waals surface area contributed by atoms with Crippen molar-refractivity contribution >= 4 is 11.9 Å². The zero-order valence-electron chi connectivity index (χ0n) is 23.8. The van der Waals surface area contributed by atoms with Crippen LogP contribution in [0.5, 0.6) is 5.75 Å². The van der Waals surface area contributed by atoms with Crippen molar-refractivity contribution in [2.45, 2.75) is 40.3 Å². The van der Waals surface area contributed by atoms with Crippen LogP contribution >= 0.6 is 0 Å². The number of amides is 1. The van der Waals surface area contributed by atoms with Crippen LogP contribution in [0.3, 0.4) is 0 Å². The number of nitrogens with zero attached hydrogens (tertiary/aromatic N) is 2. The molecule has 3 aromatic rings. The average molecular weight is 545 g/mol. The summed E-state index contributed by atoms with van der Waals surface area (Å²) in [4.78, 5) is 29.0. The second-order valence-corrected chi connectivity index (χ2v) is 10.9. The Morgan fingerprint density at radius 2 is 1.75 bits per heavy atom. The van der Waals surface area contributed by atoms with Crippen LogP contribution in [0, 0.1) is 12.8 Å². The smallest absolute Gasteiger partial charge is 0.323 e. The Balaban J connectivity index is 1.61. The molecule has 0 aliphatic carbocycles. The average Bonchev–Trinajstić information content (AvgIpc) is 2.91. The van der Waals surface area contributed by atoms with Crippen molar-refractivity contribution in [3.63, 3.8) is 0 Å². The molecule has 1 amide bonds. The molecule has 4 rings (SSSR count). The molecule has 0 atom stereocenters. The molecule has 7 nitrogen and oxygen atoms in total. The number of aliphatic carboxylic acids is 1. The van der Waals surface area contributed by atoms with Gasteiger partial charge in [0.05, 0.1) is 13.2 Å². The van der Waals surface area contributed by atoms with E-state index in [1.165, 1.54) is 10.5 Å². The van der Waals surface area contributed by atoms with E-state index in [0.29, 0.717) is 43.5 Å². The molecule has 0 saturated carbocycles. The van der Waals surface area contributed by atoms with Gasteiger partial charge in [0.25, 0.3) is 5.91 Å². The van der Waals surface area contributed by atoms with Gasteiger partial charge in [0, 0.05) is 38.2 Å². The van der Waals surface area contributed by atoms with E-state index < -0.39 is 5.97 Å². The zero-order valence-corrected chi connectivity index (χ0v) is 23.8. The topological polar surface area (TPSA) is 79.3 Å². The van der Waals surface area contributed by atoms with E-state index in [-0.39, 0.29) is 19.0 Å². The van der Waals surface area contributed by atoms with Crippen LogP contribution in [0.2, 0.25) is 0 Å². The second kappa shape index (κ2) is 14.1. The number of hydrogen-bond donors (Lipinski definition) is 1. The van der Waals surface area contributed by atoms with Crippen molar-refractivity contribution < 1.29 is 24.2 Å². The fourth-order valence-corrected chi connectivity index (χ4v) is 5.02. The SMILES string of the molecule is Cc1ccc(CN(CC(=O)O)C(=O)c2ccc3c(c2)Cc2cccc(c2)CN(CC(C)C)CCOCCO3)cc1. The molecular weight excluding hydrogens is 504 g/mol. The Morgan fingerprint density at radius 3 is 2.50 bits per heavy atom. The first kappa shape index (κ1) is 29.3. The summed E-state index contributed by atoms with van der Waals surface area (Å²) in [6, 6.07) is 21.7. The molecule has 0 saturated heterocycles. The normalized spacial score (nSPS) is 14.6. The number of carbonyl (C=O) groups excluding carboxylic acids is 1. The van der Waals surface area contributed by atoms with Crippen LogP contribution in [0.1, 0.15) is 52.0 Å². The van der Waals surface area contributed by atoms with E-state index in [9.17, 15) is 14.7 Å². The largest absolute Gasteiger partial charge is 0.491 e. The first-order valence-corrected chi connectivity index (χ1v) is 14.0. The van der Waals surface area contributed by atoms with Gasteiger partial charge in [-0.3, -0.25) is 14.5 Å². The summed E-state index contributed by atoms with van der Waals surface area (Å²) in [5.41, 5.74) is 5.66. The van der Waals surface area contributed by atoms with Crippen molar-refractivity contribution in [1.82, 2.24) is 9.80 Å². The summed E-state index contributed by atoms with van der Waals surface area (Å²) in [7, 11) is 0. The lowest BCUT2D eigenvalue weighted by atomic mass is 9.99. The number of rotatable bonds is 7. The molecule has 2 bridgehead atoms. The molecule has 1 aliphatic rings. The molecular formula is C33H40N2O5. The Hall–Kier alpha value is -3.68. The lowest BCUT2D eigenvalue weighted by Gasteiger charge is -2.25. The van der Waals surface area contributed by atoms with Gasteiger partial charge >= 0.3 is 5.97 Å². The molecule has 1 N–H and O–H groups in total. The highest BCUT2D eigenvalue weighted by molar-refractivity contribution is 5.96.